The summed E-state index contributed by atoms with van der Waals surface area (Å²) < 4.78 is 0. The van der Waals surface area contributed by atoms with Gasteiger partial charge in [-0.2, -0.15) is 0 Å². The molecule has 6 fully saturated rings. The predicted octanol–water partition coefficient (Wildman–Crippen LogP) is 6.29. The SMILES string of the molecule is CC[C@@H]1CN2CC[C@@]34c5ccccc5N5/C=C6/[C@H]7C[C@@H]8N(CC[C@@]89c8ccccc8N(/C=C(/[C@H]1C[C@H]23)[C@H]54)[C@@H]69)C[C@H]7CC. The number of piperidine rings is 2. The zero-order valence-corrected chi connectivity index (χ0v) is 25.3. The van der Waals surface area contributed by atoms with Gasteiger partial charge in [0, 0.05) is 59.8 Å². The van der Waals surface area contributed by atoms with Gasteiger partial charge in [-0.25, -0.2) is 0 Å². The van der Waals surface area contributed by atoms with E-state index < -0.39 is 0 Å². The average Bonchev–Trinajstić information content (AvgIpc) is 3.75. The first-order chi connectivity index (χ1) is 20.7. The van der Waals surface area contributed by atoms with Crippen molar-refractivity contribution >= 4 is 11.4 Å². The van der Waals surface area contributed by atoms with Gasteiger partial charge in [0.05, 0.1) is 12.1 Å². The van der Waals surface area contributed by atoms with Gasteiger partial charge in [0.15, 0.2) is 0 Å². The zero-order chi connectivity index (χ0) is 27.5. The maximum Gasteiger partial charge on any atom is 0.0678 e. The molecule has 2 aromatic rings. The third-order valence-corrected chi connectivity index (χ3v) is 14.7. The lowest BCUT2D eigenvalue weighted by molar-refractivity contribution is 0.0440. The second kappa shape index (κ2) is 7.74. The number of rotatable bonds is 2. The van der Waals surface area contributed by atoms with Gasteiger partial charge in [-0.1, -0.05) is 63.1 Å². The summed E-state index contributed by atoms with van der Waals surface area (Å²) >= 11 is 0. The van der Waals surface area contributed by atoms with Crippen molar-refractivity contribution < 1.29 is 0 Å². The quantitative estimate of drug-likeness (QED) is 0.431. The number of benzene rings is 2. The van der Waals surface area contributed by atoms with Crippen molar-refractivity contribution in [2.75, 3.05) is 36.0 Å². The molecule has 216 valence electrons. The Morgan fingerprint density at radius 3 is 1.55 bits per heavy atom. The predicted molar refractivity (Wildman–Crippen MR) is 169 cm³/mol. The molecule has 0 amide bonds. The molecule has 42 heavy (non-hydrogen) atoms. The first-order valence-corrected chi connectivity index (χ1v) is 17.4. The molecule has 0 N–H and O–H groups in total. The van der Waals surface area contributed by atoms with Crippen LogP contribution in [0.4, 0.5) is 11.4 Å². The van der Waals surface area contributed by atoms with E-state index in [0.717, 1.165) is 11.8 Å². The van der Waals surface area contributed by atoms with Crippen LogP contribution in [0.15, 0.2) is 72.1 Å². The molecule has 9 aliphatic rings. The number of nitrogens with zero attached hydrogens (tertiary/aromatic N) is 4. The van der Waals surface area contributed by atoms with E-state index in [0.29, 0.717) is 36.0 Å². The lowest BCUT2D eigenvalue weighted by Crippen LogP contribution is -2.65. The van der Waals surface area contributed by atoms with E-state index >= 15 is 0 Å². The Kier molecular flexibility index (Phi) is 4.39. The van der Waals surface area contributed by atoms with Gasteiger partial charge in [0.25, 0.3) is 0 Å². The molecule has 4 bridgehead atoms. The van der Waals surface area contributed by atoms with Crippen LogP contribution in [-0.2, 0) is 10.8 Å². The number of hydrogen-bond donors (Lipinski definition) is 0. The first-order valence-electron chi connectivity index (χ1n) is 17.4. The summed E-state index contributed by atoms with van der Waals surface area (Å²) in [5, 5.41) is 0. The van der Waals surface area contributed by atoms with Crippen molar-refractivity contribution in [2.24, 2.45) is 23.7 Å². The molecule has 10 atom stereocenters. The summed E-state index contributed by atoms with van der Waals surface area (Å²) in [7, 11) is 0. The van der Waals surface area contributed by atoms with Crippen molar-refractivity contribution in [2.45, 2.75) is 87.4 Å². The molecule has 0 aromatic heterocycles. The van der Waals surface area contributed by atoms with E-state index in [4.69, 9.17) is 0 Å². The molecule has 0 radical (unpaired) electrons. The van der Waals surface area contributed by atoms with Gasteiger partial charge >= 0.3 is 0 Å². The van der Waals surface area contributed by atoms with E-state index in [1.165, 1.54) is 76.1 Å². The average molecular weight is 557 g/mol. The van der Waals surface area contributed by atoms with E-state index in [-0.39, 0.29) is 10.8 Å². The van der Waals surface area contributed by atoms with Crippen LogP contribution in [0.2, 0.25) is 0 Å². The van der Waals surface area contributed by atoms with E-state index in [2.05, 4.69) is 94.4 Å². The van der Waals surface area contributed by atoms with Crippen LogP contribution in [0, 0.1) is 23.7 Å². The van der Waals surface area contributed by atoms with Crippen molar-refractivity contribution in [1.29, 1.82) is 0 Å². The van der Waals surface area contributed by atoms with E-state index in [1.54, 1.807) is 22.3 Å². The van der Waals surface area contributed by atoms with Crippen molar-refractivity contribution in [1.82, 2.24) is 9.80 Å². The van der Waals surface area contributed by atoms with Crippen molar-refractivity contribution in [3.8, 4) is 0 Å². The van der Waals surface area contributed by atoms with E-state index in [9.17, 15) is 0 Å². The molecule has 4 nitrogen and oxygen atoms in total. The molecule has 11 rings (SSSR count). The van der Waals surface area contributed by atoms with Crippen LogP contribution in [-0.4, -0.2) is 60.1 Å². The summed E-state index contributed by atoms with van der Waals surface area (Å²) in [6.45, 7) is 10.1. The molecule has 4 saturated heterocycles. The molecule has 7 heterocycles. The third kappa shape index (κ3) is 2.42. The molecule has 7 aliphatic heterocycles. The highest BCUT2D eigenvalue weighted by atomic mass is 15.3. The number of para-hydroxylation sites is 2. The molecule has 2 aromatic carbocycles. The lowest BCUT2D eigenvalue weighted by atomic mass is 9.55. The molecule has 4 heteroatoms. The summed E-state index contributed by atoms with van der Waals surface area (Å²) in [6.07, 6.45) is 13.5. The Morgan fingerprint density at radius 2 is 1.10 bits per heavy atom. The van der Waals surface area contributed by atoms with Crippen molar-refractivity contribution in [3.63, 3.8) is 0 Å². The summed E-state index contributed by atoms with van der Waals surface area (Å²) in [5.74, 6) is 2.91. The third-order valence-electron chi connectivity index (χ3n) is 14.7. The Hall–Kier alpha value is -2.56. The summed E-state index contributed by atoms with van der Waals surface area (Å²) in [5.41, 5.74) is 10.4. The molecular weight excluding hydrogens is 512 g/mol. The van der Waals surface area contributed by atoms with Crippen LogP contribution in [0.5, 0.6) is 0 Å². The van der Waals surface area contributed by atoms with Gasteiger partial charge < -0.3 is 9.80 Å². The fourth-order valence-electron chi connectivity index (χ4n) is 13.3. The Bertz CT molecular complexity index is 1470. The van der Waals surface area contributed by atoms with Gasteiger partial charge in [0.2, 0.25) is 0 Å². The fraction of sp³-hybridized carbons (Fsp3) is 0.579. The highest BCUT2D eigenvalue weighted by molar-refractivity contribution is 5.76. The molecule has 2 saturated carbocycles. The van der Waals surface area contributed by atoms with Gasteiger partial charge in [-0.15, -0.1) is 0 Å². The van der Waals surface area contributed by atoms with Crippen LogP contribution in [0.25, 0.3) is 0 Å². The maximum absolute atomic E-state index is 2.93. The molecule has 2 spiro atoms. The van der Waals surface area contributed by atoms with Gasteiger partial charge in [-0.05, 0) is 96.9 Å². The number of anilines is 2. The minimum Gasteiger partial charge on any atom is -0.339 e. The second-order valence-electron chi connectivity index (χ2n) is 15.5. The van der Waals surface area contributed by atoms with E-state index in [1.807, 2.05) is 0 Å². The van der Waals surface area contributed by atoms with Crippen LogP contribution in [0.3, 0.4) is 0 Å². The summed E-state index contributed by atoms with van der Waals surface area (Å²) in [6, 6.07) is 21.6. The van der Waals surface area contributed by atoms with Crippen LogP contribution in [0.1, 0.15) is 63.5 Å². The normalized spacial score (nSPS) is 47.5. The zero-order valence-electron chi connectivity index (χ0n) is 25.3. The highest BCUT2D eigenvalue weighted by Crippen LogP contribution is 2.68. The Labute approximate surface area is 251 Å². The van der Waals surface area contributed by atoms with Crippen LogP contribution >= 0.6 is 0 Å². The number of fused-ring (bicyclic) bond motifs is 8. The van der Waals surface area contributed by atoms with Crippen molar-refractivity contribution in [3.05, 3.63) is 83.2 Å². The smallest absolute Gasteiger partial charge is 0.0678 e. The molecular formula is C38H44N4. The standard InChI is InChI=1S/C38H44N4/c1-3-23-19-39-15-13-37-29-9-5-8-12-32(29)42-22-28-26-18-34-38(14-16-40(34)20-24(26)4-2)30-10-6-7-11-31(30)41(36(28)38)21-27(35(37)42)25(23)17-33(37)39/h5-12,21-26,33-36H,3-4,13-20H2,1-2H3/b27-21-,28-22-/t23-,24-,25+,26+,33+,34+,35+,36+,37-,38-/m1/s1. The summed E-state index contributed by atoms with van der Waals surface area (Å²) in [4.78, 5) is 11.7. The van der Waals surface area contributed by atoms with Gasteiger partial charge in [-0.3, -0.25) is 9.80 Å². The maximum atomic E-state index is 2.93. The highest BCUT2D eigenvalue weighted by Gasteiger charge is 2.70. The Balaban J connectivity index is 1.23. The number of hydrogen-bond acceptors (Lipinski definition) is 4. The molecule has 2 aliphatic carbocycles. The van der Waals surface area contributed by atoms with Crippen LogP contribution < -0.4 is 9.80 Å². The first kappa shape index (κ1) is 23.8. The second-order valence-corrected chi connectivity index (χ2v) is 15.5. The fourth-order valence-corrected chi connectivity index (χ4v) is 13.3. The Morgan fingerprint density at radius 1 is 0.643 bits per heavy atom. The van der Waals surface area contributed by atoms with Gasteiger partial charge in [0.1, 0.15) is 0 Å². The topological polar surface area (TPSA) is 13.0 Å². The molecule has 0 unspecified atom stereocenters. The monoisotopic (exact) mass is 556 g/mol. The largest absolute Gasteiger partial charge is 0.339 e. The minimum absolute atomic E-state index is 0.219. The lowest BCUT2D eigenvalue weighted by Gasteiger charge is -2.58. The minimum atomic E-state index is 0.219.